The zero-order valence-electron chi connectivity index (χ0n) is 17.7. The lowest BCUT2D eigenvalue weighted by atomic mass is 10.1. The Morgan fingerprint density at radius 1 is 0.969 bits per heavy atom. The van der Waals surface area contributed by atoms with Gasteiger partial charge in [0.15, 0.2) is 5.43 Å². The minimum Gasteiger partial charge on any atom is -0.379 e. The molecule has 1 saturated heterocycles. The third-order valence-electron chi connectivity index (χ3n) is 6.03. The van der Waals surface area contributed by atoms with E-state index in [9.17, 15) is 9.59 Å². The van der Waals surface area contributed by atoms with Crippen molar-refractivity contribution in [2.24, 2.45) is 0 Å². The van der Waals surface area contributed by atoms with E-state index in [4.69, 9.17) is 4.74 Å². The fraction of sp³-hybridized carbons (Fsp3) is 0.280. The van der Waals surface area contributed by atoms with E-state index in [2.05, 4.69) is 21.7 Å². The minimum absolute atomic E-state index is 0.00191. The largest absolute Gasteiger partial charge is 0.379 e. The smallest absolute Gasteiger partial charge is 0.240 e. The second-order valence-corrected chi connectivity index (χ2v) is 8.91. The third kappa shape index (κ3) is 4.07. The zero-order chi connectivity index (χ0) is 21.9. The van der Waals surface area contributed by atoms with Crippen LogP contribution in [0.15, 0.2) is 70.8 Å². The minimum atomic E-state index is -0.0706. The average molecular weight is 448 g/mol. The molecule has 0 radical (unpaired) electrons. The highest BCUT2D eigenvalue weighted by Crippen LogP contribution is 2.25. The summed E-state index contributed by atoms with van der Waals surface area (Å²) in [5.41, 5.74) is 1.54. The van der Waals surface area contributed by atoms with Crippen molar-refractivity contribution in [3.63, 3.8) is 0 Å². The Hall–Kier alpha value is -3.00. The van der Waals surface area contributed by atoms with Crippen LogP contribution in [-0.2, 0) is 16.1 Å². The van der Waals surface area contributed by atoms with Crippen LogP contribution in [0.2, 0.25) is 0 Å². The van der Waals surface area contributed by atoms with Gasteiger partial charge in [0.1, 0.15) is 6.54 Å². The van der Waals surface area contributed by atoms with Crippen LogP contribution in [-0.4, -0.2) is 48.2 Å². The van der Waals surface area contributed by atoms with Gasteiger partial charge in [-0.25, -0.2) is 0 Å². The molecule has 3 heterocycles. The van der Waals surface area contributed by atoms with Crippen molar-refractivity contribution in [3.05, 3.63) is 81.1 Å². The maximum absolute atomic E-state index is 13.1. The summed E-state index contributed by atoms with van der Waals surface area (Å²) in [7, 11) is 0. The number of thiophene rings is 1. The van der Waals surface area contributed by atoms with E-state index in [-0.39, 0.29) is 23.9 Å². The van der Waals surface area contributed by atoms with Crippen molar-refractivity contribution in [1.29, 1.82) is 0 Å². The van der Waals surface area contributed by atoms with E-state index < -0.39 is 0 Å². The number of hydrogen-bond donors (Lipinski definition) is 1. The van der Waals surface area contributed by atoms with Gasteiger partial charge in [0.25, 0.3) is 0 Å². The number of amides is 1. The molecular formula is C25H25N3O3S. The second-order valence-electron chi connectivity index (χ2n) is 7.93. The molecule has 4 aromatic rings. The molecule has 0 bridgehead atoms. The van der Waals surface area contributed by atoms with Crippen molar-refractivity contribution in [1.82, 2.24) is 14.8 Å². The number of morpholine rings is 1. The summed E-state index contributed by atoms with van der Waals surface area (Å²) >= 11 is 1.71. The monoisotopic (exact) mass is 447 g/mol. The maximum atomic E-state index is 13.1. The van der Waals surface area contributed by atoms with Crippen LogP contribution in [0.5, 0.6) is 0 Å². The average Bonchev–Trinajstić information content (AvgIpc) is 3.37. The highest BCUT2D eigenvalue weighted by molar-refractivity contribution is 7.10. The number of carbonyl (C=O) groups excluding carboxylic acids is 1. The molecule has 0 aliphatic carbocycles. The van der Waals surface area contributed by atoms with Crippen LogP contribution in [0.25, 0.3) is 21.8 Å². The van der Waals surface area contributed by atoms with Gasteiger partial charge in [0.2, 0.25) is 5.91 Å². The normalized spacial score (nSPS) is 15.8. The number of pyridine rings is 1. The van der Waals surface area contributed by atoms with Crippen molar-refractivity contribution in [2.45, 2.75) is 12.6 Å². The quantitative estimate of drug-likeness (QED) is 0.460. The molecular weight excluding hydrogens is 422 g/mol. The Bertz CT molecular complexity index is 1230. The molecule has 1 aliphatic rings. The lowest BCUT2D eigenvalue weighted by Crippen LogP contribution is -2.44. The summed E-state index contributed by atoms with van der Waals surface area (Å²) in [5.74, 6) is -0.0706. The Kier molecular flexibility index (Phi) is 6.03. The molecule has 1 atom stereocenters. The van der Waals surface area contributed by atoms with E-state index in [1.807, 2.05) is 59.2 Å². The topological polar surface area (TPSA) is 63.6 Å². The lowest BCUT2D eigenvalue weighted by molar-refractivity contribution is -0.121. The van der Waals surface area contributed by atoms with Gasteiger partial charge in [-0.2, -0.15) is 0 Å². The number of nitrogens with one attached hydrogen (secondary N) is 1. The van der Waals surface area contributed by atoms with Crippen LogP contribution in [0.3, 0.4) is 0 Å². The molecule has 1 N–H and O–H groups in total. The van der Waals surface area contributed by atoms with Crippen LogP contribution < -0.4 is 10.7 Å². The first-order valence-corrected chi connectivity index (χ1v) is 11.7. The lowest BCUT2D eigenvalue weighted by Gasteiger charge is -2.34. The van der Waals surface area contributed by atoms with Gasteiger partial charge in [0.05, 0.1) is 30.3 Å². The van der Waals surface area contributed by atoms with Crippen LogP contribution in [0, 0.1) is 0 Å². The first-order valence-electron chi connectivity index (χ1n) is 10.8. The highest BCUT2D eigenvalue weighted by Gasteiger charge is 2.24. The molecule has 164 valence electrons. The summed E-state index contributed by atoms with van der Waals surface area (Å²) in [6.45, 7) is 3.83. The van der Waals surface area contributed by atoms with Gasteiger partial charge in [-0.1, -0.05) is 30.3 Å². The van der Waals surface area contributed by atoms with E-state index >= 15 is 0 Å². The first-order chi connectivity index (χ1) is 15.7. The van der Waals surface area contributed by atoms with Crippen molar-refractivity contribution in [2.75, 3.05) is 32.8 Å². The van der Waals surface area contributed by atoms with Crippen molar-refractivity contribution >= 4 is 39.0 Å². The van der Waals surface area contributed by atoms with Gasteiger partial charge in [-0.3, -0.25) is 14.5 Å². The summed E-state index contributed by atoms with van der Waals surface area (Å²) in [6, 6.07) is 19.3. The number of para-hydroxylation sites is 2. The number of carbonyl (C=O) groups is 1. The second kappa shape index (κ2) is 9.24. The standard InChI is InChI=1S/C25H25N3O3S/c29-24(26-16-22(23-10-5-15-32-23)27-11-13-31-14-12-27)17-28-20-8-3-1-6-18(20)25(30)19-7-2-4-9-21(19)28/h1-10,15,22H,11-14,16-17H2,(H,26,29). The van der Waals surface area contributed by atoms with Crippen LogP contribution in [0.1, 0.15) is 10.9 Å². The molecule has 0 spiro atoms. The first kappa shape index (κ1) is 20.9. The number of fused-ring (bicyclic) bond motifs is 2. The molecule has 0 saturated carbocycles. The number of ether oxygens (including phenoxy) is 1. The fourth-order valence-corrected chi connectivity index (χ4v) is 5.30. The van der Waals surface area contributed by atoms with Crippen molar-refractivity contribution in [3.8, 4) is 0 Å². The maximum Gasteiger partial charge on any atom is 0.240 e. The Labute approximate surface area is 190 Å². The Morgan fingerprint density at radius 2 is 1.62 bits per heavy atom. The van der Waals surface area contributed by atoms with E-state index in [1.54, 1.807) is 11.3 Å². The molecule has 1 fully saturated rings. The molecule has 32 heavy (non-hydrogen) atoms. The van der Waals surface area contributed by atoms with E-state index in [0.717, 1.165) is 24.1 Å². The summed E-state index contributed by atoms with van der Waals surface area (Å²) in [6.07, 6.45) is 0. The molecule has 1 aliphatic heterocycles. The summed E-state index contributed by atoms with van der Waals surface area (Å²) in [4.78, 5) is 29.6. The van der Waals surface area contributed by atoms with Crippen LogP contribution in [0.4, 0.5) is 0 Å². The van der Waals surface area contributed by atoms with Crippen LogP contribution >= 0.6 is 11.3 Å². The number of aromatic nitrogens is 1. The number of nitrogens with zero attached hydrogens (tertiary/aromatic N) is 2. The molecule has 6 nitrogen and oxygen atoms in total. The van der Waals surface area contributed by atoms with Gasteiger partial charge >= 0.3 is 0 Å². The number of hydrogen-bond acceptors (Lipinski definition) is 5. The summed E-state index contributed by atoms with van der Waals surface area (Å²) in [5, 5.41) is 6.48. The molecule has 5 rings (SSSR count). The van der Waals surface area contributed by atoms with Gasteiger partial charge in [-0.05, 0) is 35.7 Å². The highest BCUT2D eigenvalue weighted by atomic mass is 32.1. The molecule has 2 aromatic carbocycles. The number of benzene rings is 2. The van der Waals surface area contributed by atoms with E-state index in [0.29, 0.717) is 30.5 Å². The Balaban J connectivity index is 1.41. The van der Waals surface area contributed by atoms with E-state index in [1.165, 1.54) is 4.88 Å². The van der Waals surface area contributed by atoms with Crippen molar-refractivity contribution < 1.29 is 9.53 Å². The van der Waals surface area contributed by atoms with Gasteiger partial charge < -0.3 is 14.6 Å². The predicted molar refractivity (Wildman–Crippen MR) is 128 cm³/mol. The number of rotatable bonds is 6. The molecule has 1 amide bonds. The third-order valence-corrected chi connectivity index (χ3v) is 7.00. The fourth-order valence-electron chi connectivity index (χ4n) is 4.44. The van der Waals surface area contributed by atoms with Gasteiger partial charge in [-0.15, -0.1) is 11.3 Å². The predicted octanol–water partition coefficient (Wildman–Crippen LogP) is 3.41. The molecule has 1 unspecified atom stereocenters. The summed E-state index contributed by atoms with van der Waals surface area (Å²) < 4.78 is 7.45. The molecule has 2 aromatic heterocycles. The van der Waals surface area contributed by atoms with Gasteiger partial charge in [0, 0.05) is 35.3 Å². The zero-order valence-corrected chi connectivity index (χ0v) is 18.5. The Morgan fingerprint density at radius 3 is 2.25 bits per heavy atom. The SMILES string of the molecule is O=C(Cn1c2ccccc2c(=O)c2ccccc21)NCC(c1cccs1)N1CCOCC1. The molecule has 7 heteroatoms.